The molecule has 2 aromatic rings. The molecule has 0 fully saturated rings. The zero-order chi connectivity index (χ0) is 13.8. The normalized spacial score (nSPS) is 17.9. The zero-order valence-electron chi connectivity index (χ0n) is 11.9. The Morgan fingerprint density at radius 1 is 1.35 bits per heavy atom. The molecule has 106 valence electrons. The van der Waals surface area contributed by atoms with Crippen molar-refractivity contribution in [3.8, 4) is 0 Å². The summed E-state index contributed by atoms with van der Waals surface area (Å²) < 4.78 is 5.11. The lowest BCUT2D eigenvalue weighted by Gasteiger charge is -2.25. The molecule has 1 aliphatic rings. The summed E-state index contributed by atoms with van der Waals surface area (Å²) in [5.41, 5.74) is 3.05. The minimum Gasteiger partial charge on any atom is -0.339 e. The molecule has 4 nitrogen and oxygen atoms in total. The van der Waals surface area contributed by atoms with E-state index in [1.54, 1.807) is 0 Å². The summed E-state index contributed by atoms with van der Waals surface area (Å²) in [7, 11) is 0. The second kappa shape index (κ2) is 6.18. The highest BCUT2D eigenvalue weighted by Crippen LogP contribution is 2.30. The molecule has 1 aromatic heterocycles. The number of fused-ring (bicyclic) bond motifs is 1. The molecule has 1 N–H and O–H groups in total. The van der Waals surface area contributed by atoms with Crippen LogP contribution in [-0.2, 0) is 12.8 Å². The van der Waals surface area contributed by atoms with Gasteiger partial charge in [0.15, 0.2) is 5.82 Å². The molecule has 0 saturated heterocycles. The molecular formula is C16H21N3O. The van der Waals surface area contributed by atoms with Crippen LogP contribution in [0.15, 0.2) is 28.8 Å². The Balaban J connectivity index is 1.50. The fourth-order valence-corrected chi connectivity index (χ4v) is 2.98. The Kier molecular flexibility index (Phi) is 4.11. The number of aryl methyl sites for hydroxylation is 2. The van der Waals surface area contributed by atoms with Gasteiger partial charge in [0.2, 0.25) is 5.89 Å². The fraction of sp³-hybridized carbons (Fsp3) is 0.500. The van der Waals surface area contributed by atoms with Gasteiger partial charge in [-0.05, 0) is 43.2 Å². The number of aromatic nitrogens is 2. The van der Waals surface area contributed by atoms with Crippen LogP contribution in [0.1, 0.15) is 41.6 Å². The summed E-state index contributed by atoms with van der Waals surface area (Å²) in [6.07, 6.45) is 4.61. The van der Waals surface area contributed by atoms with Gasteiger partial charge < -0.3 is 9.84 Å². The Labute approximate surface area is 119 Å². The van der Waals surface area contributed by atoms with Gasteiger partial charge in [0.05, 0.1) is 0 Å². The van der Waals surface area contributed by atoms with Gasteiger partial charge in [-0.25, -0.2) is 0 Å². The molecule has 20 heavy (non-hydrogen) atoms. The largest absolute Gasteiger partial charge is 0.339 e. The third kappa shape index (κ3) is 3.07. The van der Waals surface area contributed by atoms with Gasteiger partial charge >= 0.3 is 0 Å². The zero-order valence-corrected chi connectivity index (χ0v) is 11.9. The highest BCUT2D eigenvalue weighted by molar-refractivity contribution is 5.32. The second-order valence-electron chi connectivity index (χ2n) is 5.48. The second-order valence-corrected chi connectivity index (χ2v) is 5.48. The van der Waals surface area contributed by atoms with Crippen LogP contribution in [0.2, 0.25) is 0 Å². The first-order chi connectivity index (χ1) is 9.83. The van der Waals surface area contributed by atoms with Crippen LogP contribution in [0.4, 0.5) is 0 Å². The van der Waals surface area contributed by atoms with Crippen molar-refractivity contribution in [3.63, 3.8) is 0 Å². The molecule has 4 heteroatoms. The molecule has 0 radical (unpaired) electrons. The van der Waals surface area contributed by atoms with Gasteiger partial charge in [-0.2, -0.15) is 4.98 Å². The fourth-order valence-electron chi connectivity index (χ4n) is 2.98. The molecule has 0 amide bonds. The van der Waals surface area contributed by atoms with E-state index in [9.17, 15) is 0 Å². The number of nitrogens with zero attached hydrogens (tertiary/aromatic N) is 2. The number of hydrogen-bond donors (Lipinski definition) is 1. The van der Waals surface area contributed by atoms with E-state index in [0.717, 1.165) is 25.4 Å². The van der Waals surface area contributed by atoms with Crippen molar-refractivity contribution in [3.05, 3.63) is 47.1 Å². The van der Waals surface area contributed by atoms with Gasteiger partial charge in [-0.3, -0.25) is 0 Å². The molecule has 3 rings (SSSR count). The summed E-state index contributed by atoms with van der Waals surface area (Å²) in [6, 6.07) is 8.84. The van der Waals surface area contributed by atoms with Crippen molar-refractivity contribution in [1.82, 2.24) is 15.5 Å². The van der Waals surface area contributed by atoms with Gasteiger partial charge in [-0.1, -0.05) is 29.4 Å². The third-order valence-electron chi connectivity index (χ3n) is 3.97. The summed E-state index contributed by atoms with van der Waals surface area (Å²) in [5, 5.41) is 7.33. The van der Waals surface area contributed by atoms with E-state index in [1.165, 1.54) is 30.4 Å². The molecule has 1 aromatic carbocycles. The molecule has 0 spiro atoms. The average molecular weight is 271 g/mol. The summed E-state index contributed by atoms with van der Waals surface area (Å²) >= 11 is 0. The van der Waals surface area contributed by atoms with Gasteiger partial charge in [-0.15, -0.1) is 0 Å². The molecule has 1 atom stereocenters. The number of rotatable bonds is 5. The Bertz CT molecular complexity index is 564. The lowest BCUT2D eigenvalue weighted by molar-refractivity contribution is 0.371. The van der Waals surface area contributed by atoms with Crippen LogP contribution < -0.4 is 5.32 Å². The summed E-state index contributed by atoms with van der Waals surface area (Å²) in [6.45, 7) is 3.77. The van der Waals surface area contributed by atoms with Gasteiger partial charge in [0, 0.05) is 19.5 Å². The van der Waals surface area contributed by atoms with Crippen LogP contribution in [0, 0.1) is 6.92 Å². The SMILES string of the molecule is Cc1noc(CCNCC2CCCc3ccccc32)n1. The van der Waals surface area contributed by atoms with Crippen molar-refractivity contribution in [2.75, 3.05) is 13.1 Å². The predicted octanol–water partition coefficient (Wildman–Crippen LogP) is 2.63. The summed E-state index contributed by atoms with van der Waals surface area (Å²) in [4.78, 5) is 4.21. The van der Waals surface area contributed by atoms with Crippen molar-refractivity contribution >= 4 is 0 Å². The Morgan fingerprint density at radius 2 is 2.25 bits per heavy atom. The first kappa shape index (κ1) is 13.3. The number of benzene rings is 1. The average Bonchev–Trinajstić information content (AvgIpc) is 2.89. The lowest BCUT2D eigenvalue weighted by atomic mass is 9.83. The molecule has 1 heterocycles. The van der Waals surface area contributed by atoms with Crippen LogP contribution in [-0.4, -0.2) is 23.2 Å². The van der Waals surface area contributed by atoms with Crippen LogP contribution >= 0.6 is 0 Å². The van der Waals surface area contributed by atoms with E-state index >= 15 is 0 Å². The highest BCUT2D eigenvalue weighted by Gasteiger charge is 2.19. The van der Waals surface area contributed by atoms with Gasteiger partial charge in [0.1, 0.15) is 0 Å². The molecular weight excluding hydrogens is 250 g/mol. The quantitative estimate of drug-likeness (QED) is 0.849. The molecule has 0 saturated carbocycles. The van der Waals surface area contributed by atoms with Crippen LogP contribution in [0.3, 0.4) is 0 Å². The van der Waals surface area contributed by atoms with E-state index in [0.29, 0.717) is 11.7 Å². The minimum absolute atomic E-state index is 0.643. The van der Waals surface area contributed by atoms with E-state index in [2.05, 4.69) is 39.7 Å². The van der Waals surface area contributed by atoms with Crippen LogP contribution in [0.5, 0.6) is 0 Å². The number of nitrogens with one attached hydrogen (secondary N) is 1. The number of hydrogen-bond acceptors (Lipinski definition) is 4. The smallest absolute Gasteiger partial charge is 0.227 e. The summed E-state index contributed by atoms with van der Waals surface area (Å²) in [5.74, 6) is 2.07. The predicted molar refractivity (Wildman–Crippen MR) is 77.7 cm³/mol. The molecule has 0 bridgehead atoms. The third-order valence-corrected chi connectivity index (χ3v) is 3.97. The molecule has 1 aliphatic carbocycles. The Hall–Kier alpha value is -1.68. The van der Waals surface area contributed by atoms with Crippen molar-refractivity contribution in [1.29, 1.82) is 0 Å². The first-order valence-electron chi connectivity index (χ1n) is 7.40. The highest BCUT2D eigenvalue weighted by atomic mass is 16.5. The molecule has 1 unspecified atom stereocenters. The Morgan fingerprint density at radius 3 is 3.10 bits per heavy atom. The van der Waals surface area contributed by atoms with Crippen molar-refractivity contribution in [2.24, 2.45) is 0 Å². The first-order valence-corrected chi connectivity index (χ1v) is 7.40. The van der Waals surface area contributed by atoms with Crippen LogP contribution in [0.25, 0.3) is 0 Å². The van der Waals surface area contributed by atoms with Crippen molar-refractivity contribution < 1.29 is 4.52 Å². The standard InChI is InChI=1S/C16H21N3O/c1-12-18-16(20-19-12)9-10-17-11-14-7-4-6-13-5-2-3-8-15(13)14/h2-3,5,8,14,17H,4,6-7,9-11H2,1H3. The minimum atomic E-state index is 0.643. The topological polar surface area (TPSA) is 51.0 Å². The maximum absolute atomic E-state index is 5.11. The van der Waals surface area contributed by atoms with Gasteiger partial charge in [0.25, 0.3) is 0 Å². The maximum atomic E-state index is 5.11. The monoisotopic (exact) mass is 271 g/mol. The van der Waals surface area contributed by atoms with E-state index in [1.807, 2.05) is 6.92 Å². The van der Waals surface area contributed by atoms with E-state index in [-0.39, 0.29) is 0 Å². The molecule has 0 aliphatic heterocycles. The van der Waals surface area contributed by atoms with Crippen molar-refractivity contribution in [2.45, 2.75) is 38.5 Å². The van der Waals surface area contributed by atoms with E-state index < -0.39 is 0 Å². The van der Waals surface area contributed by atoms with E-state index in [4.69, 9.17) is 4.52 Å². The maximum Gasteiger partial charge on any atom is 0.227 e. The lowest BCUT2D eigenvalue weighted by Crippen LogP contribution is -2.26.